The third kappa shape index (κ3) is 4.78. The number of aliphatic imine (C=N–C) groups is 1. The highest BCUT2D eigenvalue weighted by molar-refractivity contribution is 6.30. The van der Waals surface area contributed by atoms with Crippen molar-refractivity contribution in [2.45, 2.75) is 18.9 Å². The molecule has 2 rings (SSSR count). The van der Waals surface area contributed by atoms with E-state index in [1.807, 2.05) is 24.3 Å². The number of hydrogen-bond donors (Lipinski definition) is 2. The quantitative estimate of drug-likeness (QED) is 0.380. The van der Waals surface area contributed by atoms with Gasteiger partial charge in [0.2, 0.25) is 0 Å². The lowest BCUT2D eigenvalue weighted by atomic mass is 10.2. The Morgan fingerprint density at radius 3 is 2.65 bits per heavy atom. The van der Waals surface area contributed by atoms with E-state index in [1.165, 1.54) is 0 Å². The Labute approximate surface area is 124 Å². The van der Waals surface area contributed by atoms with Crippen LogP contribution in [0.25, 0.3) is 0 Å². The molecule has 0 spiro atoms. The van der Waals surface area contributed by atoms with Crippen molar-refractivity contribution < 1.29 is 4.74 Å². The Kier molecular flexibility index (Phi) is 5.74. The van der Waals surface area contributed by atoms with Gasteiger partial charge in [-0.25, -0.2) is 0 Å². The van der Waals surface area contributed by atoms with Crippen molar-refractivity contribution in [2.75, 3.05) is 20.2 Å². The van der Waals surface area contributed by atoms with Crippen LogP contribution in [-0.2, 0) is 0 Å². The van der Waals surface area contributed by atoms with Gasteiger partial charge in [-0.05, 0) is 37.1 Å². The average Bonchev–Trinajstić information content (AvgIpc) is 2.97. The molecule has 1 aromatic carbocycles. The molecule has 0 heterocycles. The zero-order valence-corrected chi connectivity index (χ0v) is 12.4. The minimum atomic E-state index is 0.457. The fourth-order valence-electron chi connectivity index (χ4n) is 1.99. The van der Waals surface area contributed by atoms with Gasteiger partial charge >= 0.3 is 0 Å². The van der Waals surface area contributed by atoms with Gasteiger partial charge in [0, 0.05) is 18.1 Å². The molecule has 0 atom stereocenters. The summed E-state index contributed by atoms with van der Waals surface area (Å²) in [5, 5.41) is 7.33. The second-order valence-corrected chi connectivity index (χ2v) is 5.02. The molecule has 5 heteroatoms. The first-order valence-electron chi connectivity index (χ1n) is 6.78. The number of hydrogen-bond acceptors (Lipinski definition) is 2. The topological polar surface area (TPSA) is 45.7 Å². The molecule has 1 aliphatic rings. The standard InChI is InChI=1S/C15H20ClN3O/c1-17-15(19-13-4-2-3-5-13)18-10-11-20-14-8-6-12(16)7-9-14/h2-3,6-9,13H,4-5,10-11H2,1H3,(H2,17,18,19). The molecular weight excluding hydrogens is 274 g/mol. The van der Waals surface area contributed by atoms with Gasteiger partial charge in [0.05, 0.1) is 6.54 Å². The van der Waals surface area contributed by atoms with Crippen LogP contribution in [0.5, 0.6) is 5.75 Å². The molecule has 0 unspecified atom stereocenters. The van der Waals surface area contributed by atoms with Crippen molar-refractivity contribution in [3.8, 4) is 5.75 Å². The third-order valence-corrected chi connectivity index (χ3v) is 3.30. The predicted octanol–water partition coefficient (Wildman–Crippen LogP) is 2.60. The Morgan fingerprint density at radius 2 is 2.00 bits per heavy atom. The van der Waals surface area contributed by atoms with Crippen molar-refractivity contribution >= 4 is 17.6 Å². The fraction of sp³-hybridized carbons (Fsp3) is 0.400. The van der Waals surface area contributed by atoms with Crippen LogP contribution in [0, 0.1) is 0 Å². The Balaban J connectivity index is 1.65. The molecule has 0 aliphatic heterocycles. The minimum Gasteiger partial charge on any atom is -0.492 e. The number of guanidine groups is 1. The highest BCUT2D eigenvalue weighted by Crippen LogP contribution is 2.15. The number of rotatable bonds is 5. The lowest BCUT2D eigenvalue weighted by molar-refractivity contribution is 0.321. The van der Waals surface area contributed by atoms with Gasteiger partial charge in [-0.3, -0.25) is 4.99 Å². The first-order valence-corrected chi connectivity index (χ1v) is 7.16. The van der Waals surface area contributed by atoms with Crippen LogP contribution in [0.2, 0.25) is 5.02 Å². The van der Waals surface area contributed by atoms with Gasteiger partial charge in [0.1, 0.15) is 12.4 Å². The monoisotopic (exact) mass is 293 g/mol. The molecule has 1 aliphatic carbocycles. The summed E-state index contributed by atoms with van der Waals surface area (Å²) in [5.41, 5.74) is 0. The summed E-state index contributed by atoms with van der Waals surface area (Å²) in [5.74, 6) is 1.64. The lowest BCUT2D eigenvalue weighted by Gasteiger charge is -2.17. The molecule has 4 nitrogen and oxygen atoms in total. The fourth-order valence-corrected chi connectivity index (χ4v) is 2.12. The predicted molar refractivity (Wildman–Crippen MR) is 83.6 cm³/mol. The maximum absolute atomic E-state index is 5.82. The normalized spacial score (nSPS) is 15.4. The molecule has 20 heavy (non-hydrogen) atoms. The van der Waals surface area contributed by atoms with E-state index in [0.717, 1.165) is 24.6 Å². The van der Waals surface area contributed by atoms with Gasteiger partial charge < -0.3 is 15.4 Å². The molecule has 0 saturated carbocycles. The summed E-state index contributed by atoms with van der Waals surface area (Å²) in [4.78, 5) is 4.20. The number of nitrogens with zero attached hydrogens (tertiary/aromatic N) is 1. The molecule has 1 aromatic rings. The maximum atomic E-state index is 5.82. The van der Waals surface area contributed by atoms with Gasteiger partial charge in [0.25, 0.3) is 0 Å². The Morgan fingerprint density at radius 1 is 1.30 bits per heavy atom. The first-order chi connectivity index (χ1) is 9.78. The number of ether oxygens (including phenoxy) is 1. The molecular formula is C15H20ClN3O. The summed E-state index contributed by atoms with van der Waals surface area (Å²) < 4.78 is 5.61. The Hall–Kier alpha value is -1.68. The highest BCUT2D eigenvalue weighted by atomic mass is 35.5. The van der Waals surface area contributed by atoms with Crippen LogP contribution in [0.4, 0.5) is 0 Å². The van der Waals surface area contributed by atoms with Crippen LogP contribution in [0.1, 0.15) is 12.8 Å². The molecule has 108 valence electrons. The van der Waals surface area contributed by atoms with Crippen molar-refractivity contribution in [3.05, 3.63) is 41.4 Å². The second kappa shape index (κ2) is 7.80. The molecule has 0 amide bonds. The zero-order chi connectivity index (χ0) is 14.2. The largest absolute Gasteiger partial charge is 0.492 e. The number of benzene rings is 1. The zero-order valence-electron chi connectivity index (χ0n) is 11.6. The number of nitrogens with one attached hydrogen (secondary N) is 2. The SMILES string of the molecule is CN=C(NCCOc1ccc(Cl)cc1)NC1CC=CC1. The minimum absolute atomic E-state index is 0.457. The maximum Gasteiger partial charge on any atom is 0.191 e. The van der Waals surface area contributed by atoms with Crippen molar-refractivity contribution in [1.82, 2.24) is 10.6 Å². The van der Waals surface area contributed by atoms with Gasteiger partial charge in [-0.1, -0.05) is 23.8 Å². The van der Waals surface area contributed by atoms with E-state index in [9.17, 15) is 0 Å². The molecule has 0 radical (unpaired) electrons. The first kappa shape index (κ1) is 14.7. The smallest absolute Gasteiger partial charge is 0.191 e. The van der Waals surface area contributed by atoms with E-state index >= 15 is 0 Å². The number of halogens is 1. The van der Waals surface area contributed by atoms with E-state index in [1.54, 1.807) is 7.05 Å². The van der Waals surface area contributed by atoms with E-state index in [-0.39, 0.29) is 0 Å². The molecule has 0 bridgehead atoms. The van der Waals surface area contributed by atoms with Gasteiger partial charge in [-0.2, -0.15) is 0 Å². The molecule has 0 aromatic heterocycles. The van der Waals surface area contributed by atoms with E-state index in [0.29, 0.717) is 24.2 Å². The summed E-state index contributed by atoms with van der Waals surface area (Å²) >= 11 is 5.82. The van der Waals surface area contributed by atoms with Gasteiger partial charge in [0.15, 0.2) is 5.96 Å². The van der Waals surface area contributed by atoms with Gasteiger partial charge in [-0.15, -0.1) is 0 Å². The van der Waals surface area contributed by atoms with E-state index in [4.69, 9.17) is 16.3 Å². The van der Waals surface area contributed by atoms with Crippen molar-refractivity contribution in [3.63, 3.8) is 0 Å². The van der Waals surface area contributed by atoms with E-state index < -0.39 is 0 Å². The van der Waals surface area contributed by atoms with Crippen molar-refractivity contribution in [1.29, 1.82) is 0 Å². The second-order valence-electron chi connectivity index (χ2n) is 4.59. The Bertz CT molecular complexity index is 463. The van der Waals surface area contributed by atoms with Crippen LogP contribution in [0.15, 0.2) is 41.4 Å². The summed E-state index contributed by atoms with van der Waals surface area (Å²) in [7, 11) is 1.78. The summed E-state index contributed by atoms with van der Waals surface area (Å²) in [6.07, 6.45) is 6.49. The summed E-state index contributed by atoms with van der Waals surface area (Å²) in [6.45, 7) is 1.27. The van der Waals surface area contributed by atoms with Crippen LogP contribution < -0.4 is 15.4 Å². The third-order valence-electron chi connectivity index (χ3n) is 3.05. The average molecular weight is 294 g/mol. The highest BCUT2D eigenvalue weighted by Gasteiger charge is 2.11. The summed E-state index contributed by atoms with van der Waals surface area (Å²) in [6, 6.07) is 7.81. The van der Waals surface area contributed by atoms with E-state index in [2.05, 4.69) is 27.8 Å². The molecule has 2 N–H and O–H groups in total. The van der Waals surface area contributed by atoms with Crippen LogP contribution in [0.3, 0.4) is 0 Å². The van der Waals surface area contributed by atoms with Crippen LogP contribution >= 0.6 is 11.6 Å². The van der Waals surface area contributed by atoms with Crippen molar-refractivity contribution in [2.24, 2.45) is 4.99 Å². The molecule has 0 saturated heterocycles. The molecule has 0 fully saturated rings. The van der Waals surface area contributed by atoms with Crippen LogP contribution in [-0.4, -0.2) is 32.2 Å². The lowest BCUT2D eigenvalue weighted by Crippen LogP contribution is -2.43.